The first-order valence-corrected chi connectivity index (χ1v) is 6.60. The zero-order chi connectivity index (χ0) is 14.4. The van der Waals surface area contributed by atoms with E-state index in [9.17, 15) is 4.79 Å². The maximum absolute atomic E-state index is 11.8. The topological polar surface area (TPSA) is 80.0 Å². The van der Waals surface area contributed by atoms with Gasteiger partial charge in [0.05, 0.1) is 17.8 Å². The highest BCUT2D eigenvalue weighted by atomic mass is 16.4. The van der Waals surface area contributed by atoms with Crippen LogP contribution >= 0.6 is 0 Å². The third-order valence-electron chi connectivity index (χ3n) is 2.67. The molecular formula is C14H18N4O2. The van der Waals surface area contributed by atoms with Gasteiger partial charge in [-0.1, -0.05) is 19.1 Å². The lowest BCUT2D eigenvalue weighted by Gasteiger charge is -2.09. The summed E-state index contributed by atoms with van der Waals surface area (Å²) in [6.45, 7) is 4.88. The van der Waals surface area contributed by atoms with E-state index >= 15 is 0 Å². The normalized spacial score (nSPS) is 10.5. The summed E-state index contributed by atoms with van der Waals surface area (Å²) in [4.78, 5) is 11.8. The van der Waals surface area contributed by atoms with Crippen molar-refractivity contribution in [1.82, 2.24) is 15.5 Å². The summed E-state index contributed by atoms with van der Waals surface area (Å²) in [5.41, 5.74) is 1.39. The molecule has 0 aliphatic heterocycles. The van der Waals surface area contributed by atoms with Gasteiger partial charge < -0.3 is 15.1 Å². The van der Waals surface area contributed by atoms with Crippen molar-refractivity contribution in [3.63, 3.8) is 0 Å². The lowest BCUT2D eigenvalue weighted by Crippen LogP contribution is -2.28. The van der Waals surface area contributed by atoms with Crippen LogP contribution in [0.1, 0.15) is 19.2 Å². The predicted molar refractivity (Wildman–Crippen MR) is 76.3 cm³/mol. The second kappa shape index (κ2) is 6.81. The van der Waals surface area contributed by atoms with Crippen molar-refractivity contribution in [1.29, 1.82) is 0 Å². The van der Waals surface area contributed by atoms with Crippen molar-refractivity contribution in [2.24, 2.45) is 0 Å². The van der Waals surface area contributed by atoms with Gasteiger partial charge in [0.15, 0.2) is 0 Å². The van der Waals surface area contributed by atoms with Crippen molar-refractivity contribution >= 4 is 11.6 Å². The first-order valence-electron chi connectivity index (χ1n) is 6.60. The highest BCUT2D eigenvalue weighted by molar-refractivity contribution is 5.95. The minimum Gasteiger partial charge on any atom is -0.421 e. The molecule has 0 unspecified atom stereocenters. The van der Waals surface area contributed by atoms with Gasteiger partial charge in [0.25, 0.3) is 0 Å². The fourth-order valence-corrected chi connectivity index (χ4v) is 1.76. The predicted octanol–water partition coefficient (Wildman–Crippen LogP) is 1.98. The van der Waals surface area contributed by atoms with E-state index in [4.69, 9.17) is 4.42 Å². The molecule has 1 heterocycles. The van der Waals surface area contributed by atoms with Gasteiger partial charge in [-0.25, -0.2) is 0 Å². The van der Waals surface area contributed by atoms with Gasteiger partial charge in [-0.15, -0.1) is 10.2 Å². The molecule has 0 spiro atoms. The number of rotatable bonds is 6. The van der Waals surface area contributed by atoms with Gasteiger partial charge in [0, 0.05) is 6.92 Å². The first-order chi connectivity index (χ1) is 9.70. The molecule has 0 saturated heterocycles. The highest BCUT2D eigenvalue weighted by Gasteiger charge is 2.12. The molecule has 1 aromatic heterocycles. The van der Waals surface area contributed by atoms with Crippen LogP contribution in [0.25, 0.3) is 11.5 Å². The zero-order valence-corrected chi connectivity index (χ0v) is 11.6. The first kappa shape index (κ1) is 14.2. The Morgan fingerprint density at radius 1 is 1.30 bits per heavy atom. The molecule has 106 valence electrons. The zero-order valence-electron chi connectivity index (χ0n) is 11.6. The maximum atomic E-state index is 11.8. The molecular weight excluding hydrogens is 256 g/mol. The Bertz CT molecular complexity index is 580. The molecule has 0 bridgehead atoms. The number of para-hydroxylation sites is 1. The summed E-state index contributed by atoms with van der Waals surface area (Å²) in [6, 6.07) is 7.36. The number of carbonyl (C=O) groups excluding carboxylic acids is 1. The van der Waals surface area contributed by atoms with Crippen LogP contribution in [0.15, 0.2) is 28.7 Å². The number of benzene rings is 1. The van der Waals surface area contributed by atoms with Crippen molar-refractivity contribution < 1.29 is 9.21 Å². The Morgan fingerprint density at radius 2 is 2.10 bits per heavy atom. The van der Waals surface area contributed by atoms with Gasteiger partial charge in [0.1, 0.15) is 0 Å². The molecule has 1 amide bonds. The second-order valence-corrected chi connectivity index (χ2v) is 4.40. The number of nitrogens with zero attached hydrogens (tertiary/aromatic N) is 2. The number of amides is 1. The molecule has 1 aromatic carbocycles. The van der Waals surface area contributed by atoms with E-state index in [0.29, 0.717) is 17.5 Å². The molecule has 0 aliphatic rings. The fraction of sp³-hybridized carbons (Fsp3) is 0.357. The molecule has 0 aliphatic carbocycles. The summed E-state index contributed by atoms with van der Waals surface area (Å²) >= 11 is 0. The molecule has 0 fully saturated rings. The average molecular weight is 274 g/mol. The van der Waals surface area contributed by atoms with Crippen LogP contribution in [0.2, 0.25) is 0 Å². The third-order valence-corrected chi connectivity index (χ3v) is 2.67. The molecule has 0 radical (unpaired) electrons. The van der Waals surface area contributed by atoms with E-state index < -0.39 is 0 Å². The van der Waals surface area contributed by atoms with Crippen LogP contribution < -0.4 is 10.6 Å². The Morgan fingerprint density at radius 3 is 2.80 bits per heavy atom. The number of aromatic nitrogens is 2. The lowest BCUT2D eigenvalue weighted by molar-refractivity contribution is -0.115. The minimum atomic E-state index is -0.0952. The quantitative estimate of drug-likeness (QED) is 0.787. The molecule has 20 heavy (non-hydrogen) atoms. The van der Waals surface area contributed by atoms with E-state index in [1.807, 2.05) is 24.3 Å². The molecule has 2 rings (SSSR count). The number of nitrogens with one attached hydrogen (secondary N) is 2. The fourth-order valence-electron chi connectivity index (χ4n) is 1.76. The molecule has 6 heteroatoms. The Hall–Kier alpha value is -2.21. The summed E-state index contributed by atoms with van der Waals surface area (Å²) in [6.07, 6.45) is 0.991. The number of aryl methyl sites for hydroxylation is 1. The summed E-state index contributed by atoms with van der Waals surface area (Å²) in [5, 5.41) is 13.7. The van der Waals surface area contributed by atoms with E-state index in [1.54, 1.807) is 6.92 Å². The van der Waals surface area contributed by atoms with Crippen LogP contribution in [0.5, 0.6) is 0 Å². The number of carbonyl (C=O) groups is 1. The van der Waals surface area contributed by atoms with Crippen molar-refractivity contribution in [2.75, 3.05) is 18.4 Å². The van der Waals surface area contributed by atoms with Gasteiger partial charge in [-0.3, -0.25) is 4.79 Å². The van der Waals surface area contributed by atoms with Crippen LogP contribution in [-0.2, 0) is 4.79 Å². The van der Waals surface area contributed by atoms with E-state index in [1.165, 1.54) is 0 Å². The molecule has 0 atom stereocenters. The molecule has 2 N–H and O–H groups in total. The summed E-state index contributed by atoms with van der Waals surface area (Å²) in [7, 11) is 0. The number of hydrogen-bond donors (Lipinski definition) is 2. The van der Waals surface area contributed by atoms with E-state index in [2.05, 4.69) is 27.8 Å². The van der Waals surface area contributed by atoms with Crippen molar-refractivity contribution in [2.45, 2.75) is 20.3 Å². The SMILES string of the molecule is CCCNCC(=O)Nc1ccccc1-c1nnc(C)o1. The van der Waals surface area contributed by atoms with Gasteiger partial charge in [0.2, 0.25) is 17.7 Å². The largest absolute Gasteiger partial charge is 0.421 e. The smallest absolute Gasteiger partial charge is 0.249 e. The maximum Gasteiger partial charge on any atom is 0.249 e. The monoisotopic (exact) mass is 274 g/mol. The van der Waals surface area contributed by atoms with Gasteiger partial charge >= 0.3 is 0 Å². The Kier molecular flexibility index (Phi) is 4.84. The summed E-state index contributed by atoms with van der Waals surface area (Å²) in [5.74, 6) is 0.799. The highest BCUT2D eigenvalue weighted by Crippen LogP contribution is 2.26. The van der Waals surface area contributed by atoms with Crippen LogP contribution in [0.4, 0.5) is 5.69 Å². The van der Waals surface area contributed by atoms with Crippen molar-refractivity contribution in [3.8, 4) is 11.5 Å². The van der Waals surface area contributed by atoms with Crippen LogP contribution in [0.3, 0.4) is 0 Å². The molecule has 6 nitrogen and oxygen atoms in total. The average Bonchev–Trinajstić information content (AvgIpc) is 2.86. The Balaban J connectivity index is 2.10. The van der Waals surface area contributed by atoms with E-state index in [0.717, 1.165) is 18.5 Å². The minimum absolute atomic E-state index is 0.0952. The van der Waals surface area contributed by atoms with Gasteiger partial charge in [-0.2, -0.15) is 0 Å². The van der Waals surface area contributed by atoms with Crippen molar-refractivity contribution in [3.05, 3.63) is 30.2 Å². The lowest BCUT2D eigenvalue weighted by atomic mass is 10.1. The number of anilines is 1. The second-order valence-electron chi connectivity index (χ2n) is 4.40. The molecule has 2 aromatic rings. The Labute approximate surface area is 117 Å². The summed E-state index contributed by atoms with van der Waals surface area (Å²) < 4.78 is 5.40. The van der Waals surface area contributed by atoms with E-state index in [-0.39, 0.29) is 12.5 Å². The molecule has 0 saturated carbocycles. The van der Waals surface area contributed by atoms with Gasteiger partial charge in [-0.05, 0) is 25.1 Å². The standard InChI is InChI=1S/C14H18N4O2/c1-3-8-15-9-13(19)16-12-7-5-4-6-11(12)14-18-17-10(2)20-14/h4-7,15H,3,8-9H2,1-2H3,(H,16,19). The number of hydrogen-bond acceptors (Lipinski definition) is 5. The van der Waals surface area contributed by atoms with Crippen LogP contribution in [0, 0.1) is 6.92 Å². The van der Waals surface area contributed by atoms with Crippen LogP contribution in [-0.4, -0.2) is 29.2 Å². The third kappa shape index (κ3) is 3.64.